The van der Waals surface area contributed by atoms with Crippen LogP contribution in [-0.2, 0) is 0 Å². The fourth-order valence-corrected chi connectivity index (χ4v) is 4.14. The standard InChI is InChI=1S/C17H33BN2/c1-12(2)19-17-16-8-6-5-7-15(18)11-14(16)9-10-20(17)13(3)4/h12-16H,5-11,18H2,1-4H3/b19-17+. The van der Waals surface area contributed by atoms with Gasteiger partial charge in [0.05, 0.1) is 0 Å². The van der Waals surface area contributed by atoms with Crippen molar-refractivity contribution in [1.29, 1.82) is 0 Å². The second-order valence-electron chi connectivity index (χ2n) is 7.65. The van der Waals surface area contributed by atoms with Gasteiger partial charge >= 0.3 is 0 Å². The Morgan fingerprint density at radius 3 is 2.45 bits per heavy atom. The summed E-state index contributed by atoms with van der Waals surface area (Å²) < 4.78 is 0. The number of rotatable bonds is 2. The van der Waals surface area contributed by atoms with Crippen LogP contribution in [0.5, 0.6) is 0 Å². The quantitative estimate of drug-likeness (QED) is 0.704. The van der Waals surface area contributed by atoms with Crippen LogP contribution in [0.4, 0.5) is 0 Å². The average Bonchev–Trinajstić information content (AvgIpc) is 2.33. The van der Waals surface area contributed by atoms with E-state index in [0.717, 1.165) is 17.7 Å². The molecule has 3 heteroatoms. The van der Waals surface area contributed by atoms with Gasteiger partial charge in [0, 0.05) is 24.5 Å². The fraction of sp³-hybridized carbons (Fsp3) is 0.941. The summed E-state index contributed by atoms with van der Waals surface area (Å²) in [6.07, 6.45) is 8.42. The predicted octanol–water partition coefficient (Wildman–Crippen LogP) is 3.53. The molecule has 114 valence electrons. The van der Waals surface area contributed by atoms with Crippen LogP contribution < -0.4 is 0 Å². The Kier molecular flexibility index (Phi) is 5.57. The lowest BCUT2D eigenvalue weighted by Gasteiger charge is -2.45. The molecule has 0 N–H and O–H groups in total. The van der Waals surface area contributed by atoms with Gasteiger partial charge in [0.25, 0.3) is 0 Å². The van der Waals surface area contributed by atoms with Gasteiger partial charge < -0.3 is 4.90 Å². The summed E-state index contributed by atoms with van der Waals surface area (Å²) in [5.41, 5.74) is 0. The Morgan fingerprint density at radius 2 is 1.80 bits per heavy atom. The topological polar surface area (TPSA) is 15.6 Å². The van der Waals surface area contributed by atoms with E-state index in [1.54, 1.807) is 0 Å². The summed E-state index contributed by atoms with van der Waals surface area (Å²) >= 11 is 0. The maximum Gasteiger partial charge on any atom is 0.105 e. The van der Waals surface area contributed by atoms with Gasteiger partial charge in [0.2, 0.25) is 0 Å². The molecule has 3 atom stereocenters. The summed E-state index contributed by atoms with van der Waals surface area (Å²) in [6.45, 7) is 10.3. The Balaban J connectivity index is 2.23. The Bertz CT molecular complexity index is 338. The van der Waals surface area contributed by atoms with Gasteiger partial charge in [0.1, 0.15) is 13.7 Å². The third-order valence-electron chi connectivity index (χ3n) is 5.12. The monoisotopic (exact) mass is 276 g/mol. The first kappa shape index (κ1) is 15.9. The zero-order valence-corrected chi connectivity index (χ0v) is 14.2. The zero-order valence-electron chi connectivity index (χ0n) is 14.2. The molecular weight excluding hydrogens is 243 g/mol. The van der Waals surface area contributed by atoms with Crippen LogP contribution in [0.15, 0.2) is 4.99 Å². The molecule has 2 aliphatic rings. The minimum absolute atomic E-state index is 0.424. The first-order chi connectivity index (χ1) is 9.49. The van der Waals surface area contributed by atoms with E-state index >= 15 is 0 Å². The molecule has 0 aromatic heterocycles. The molecule has 1 heterocycles. The van der Waals surface area contributed by atoms with Crippen molar-refractivity contribution >= 4 is 13.7 Å². The lowest BCUT2D eigenvalue weighted by molar-refractivity contribution is 0.196. The smallest absolute Gasteiger partial charge is 0.105 e. The lowest BCUT2D eigenvalue weighted by atomic mass is 9.67. The summed E-state index contributed by atoms with van der Waals surface area (Å²) in [5, 5.41) is 0. The van der Waals surface area contributed by atoms with Crippen LogP contribution in [0.3, 0.4) is 0 Å². The molecule has 1 aliphatic heterocycles. The molecule has 2 nitrogen and oxygen atoms in total. The second kappa shape index (κ2) is 7.00. The predicted molar refractivity (Wildman–Crippen MR) is 91.4 cm³/mol. The summed E-state index contributed by atoms with van der Waals surface area (Å²) in [4.78, 5) is 7.65. The molecule has 0 amide bonds. The number of hydrogen-bond donors (Lipinski definition) is 0. The van der Waals surface area contributed by atoms with Crippen molar-refractivity contribution in [2.24, 2.45) is 16.8 Å². The molecule has 3 unspecified atom stereocenters. The average molecular weight is 276 g/mol. The molecule has 0 spiro atoms. The summed E-state index contributed by atoms with van der Waals surface area (Å²) in [5.74, 6) is 3.98. The van der Waals surface area contributed by atoms with Crippen LogP contribution in [0.25, 0.3) is 0 Å². The number of amidine groups is 1. The van der Waals surface area contributed by atoms with Crippen LogP contribution in [-0.4, -0.2) is 37.2 Å². The molecule has 0 bridgehead atoms. The van der Waals surface area contributed by atoms with Crippen LogP contribution in [0.1, 0.15) is 66.2 Å². The molecule has 2 rings (SSSR count). The first-order valence-electron chi connectivity index (χ1n) is 8.83. The van der Waals surface area contributed by atoms with Crippen molar-refractivity contribution in [1.82, 2.24) is 4.90 Å². The molecule has 1 aliphatic carbocycles. The fourth-order valence-electron chi connectivity index (χ4n) is 4.14. The van der Waals surface area contributed by atoms with Gasteiger partial charge in [-0.3, -0.25) is 4.99 Å². The van der Waals surface area contributed by atoms with E-state index in [4.69, 9.17) is 4.99 Å². The van der Waals surface area contributed by atoms with E-state index in [1.807, 2.05) is 0 Å². The molecule has 20 heavy (non-hydrogen) atoms. The van der Waals surface area contributed by atoms with Gasteiger partial charge in [-0.2, -0.15) is 0 Å². The Morgan fingerprint density at radius 1 is 1.10 bits per heavy atom. The highest BCUT2D eigenvalue weighted by Crippen LogP contribution is 2.39. The Labute approximate surface area is 126 Å². The second-order valence-corrected chi connectivity index (χ2v) is 7.65. The van der Waals surface area contributed by atoms with Gasteiger partial charge in [0.15, 0.2) is 0 Å². The zero-order chi connectivity index (χ0) is 14.7. The van der Waals surface area contributed by atoms with Crippen molar-refractivity contribution in [2.75, 3.05) is 6.54 Å². The summed E-state index contributed by atoms with van der Waals surface area (Å²) in [7, 11) is 2.45. The first-order valence-corrected chi connectivity index (χ1v) is 8.83. The number of hydrogen-bond acceptors (Lipinski definition) is 1. The third kappa shape index (κ3) is 3.80. The highest BCUT2D eigenvalue weighted by atomic mass is 15.2. The van der Waals surface area contributed by atoms with Crippen LogP contribution in [0, 0.1) is 11.8 Å². The highest BCUT2D eigenvalue weighted by molar-refractivity contribution is 6.11. The Hall–Kier alpha value is -0.465. The molecule has 1 saturated heterocycles. The van der Waals surface area contributed by atoms with E-state index in [1.165, 1.54) is 50.9 Å². The molecule has 0 radical (unpaired) electrons. The van der Waals surface area contributed by atoms with Crippen molar-refractivity contribution in [3.05, 3.63) is 0 Å². The maximum atomic E-state index is 5.06. The molecule has 0 aromatic carbocycles. The van der Waals surface area contributed by atoms with Gasteiger partial charge in [-0.05, 0) is 46.5 Å². The minimum atomic E-state index is 0.424. The third-order valence-corrected chi connectivity index (χ3v) is 5.12. The number of aliphatic imine (C=N–C) groups is 1. The van der Waals surface area contributed by atoms with Crippen molar-refractivity contribution in [2.45, 2.75) is 84.1 Å². The van der Waals surface area contributed by atoms with Crippen LogP contribution in [0.2, 0.25) is 5.82 Å². The lowest BCUT2D eigenvalue weighted by Crippen LogP contribution is -2.49. The van der Waals surface area contributed by atoms with E-state index < -0.39 is 0 Å². The number of piperidine rings is 1. The minimum Gasteiger partial charge on any atom is -0.358 e. The van der Waals surface area contributed by atoms with Gasteiger partial charge in [-0.1, -0.05) is 31.5 Å². The van der Waals surface area contributed by atoms with Crippen molar-refractivity contribution in [3.8, 4) is 0 Å². The molecular formula is C17H33BN2. The molecule has 1 saturated carbocycles. The van der Waals surface area contributed by atoms with Gasteiger partial charge in [-0.25, -0.2) is 0 Å². The van der Waals surface area contributed by atoms with Crippen molar-refractivity contribution in [3.63, 3.8) is 0 Å². The number of nitrogens with zero attached hydrogens (tertiary/aromatic N) is 2. The normalized spacial score (nSPS) is 34.2. The van der Waals surface area contributed by atoms with E-state index in [0.29, 0.717) is 12.1 Å². The van der Waals surface area contributed by atoms with Crippen LogP contribution >= 0.6 is 0 Å². The maximum absolute atomic E-state index is 5.06. The molecule has 0 aromatic rings. The number of likely N-dealkylation sites (tertiary alicyclic amines) is 1. The van der Waals surface area contributed by atoms with Gasteiger partial charge in [-0.15, -0.1) is 0 Å². The number of fused-ring (bicyclic) bond motifs is 1. The highest BCUT2D eigenvalue weighted by Gasteiger charge is 2.36. The summed E-state index contributed by atoms with van der Waals surface area (Å²) in [6, 6.07) is 1.02. The van der Waals surface area contributed by atoms with E-state index in [9.17, 15) is 0 Å². The largest absolute Gasteiger partial charge is 0.358 e. The molecule has 2 fully saturated rings. The van der Waals surface area contributed by atoms with E-state index in [2.05, 4.69) is 40.4 Å². The van der Waals surface area contributed by atoms with E-state index in [-0.39, 0.29) is 0 Å². The van der Waals surface area contributed by atoms with Crippen molar-refractivity contribution < 1.29 is 0 Å². The SMILES string of the molecule is BC1CCCCC2/C(=N\C(C)C)N(C(C)C)CCC2C1.